The van der Waals surface area contributed by atoms with E-state index in [9.17, 15) is 4.79 Å². The summed E-state index contributed by atoms with van der Waals surface area (Å²) in [5.74, 6) is 0.877. The molecule has 1 fully saturated rings. The molecule has 0 spiro atoms. The number of carbonyl (C=O) groups excluding carboxylic acids is 1. The number of aromatic nitrogens is 6. The summed E-state index contributed by atoms with van der Waals surface area (Å²) in [5, 5.41) is 5.28. The number of halogens is 1. The van der Waals surface area contributed by atoms with Crippen LogP contribution in [0.3, 0.4) is 0 Å². The number of anilines is 1. The van der Waals surface area contributed by atoms with Crippen LogP contribution in [0.25, 0.3) is 22.1 Å². The average molecular weight is 441 g/mol. The van der Waals surface area contributed by atoms with Crippen LogP contribution in [-0.2, 0) is 7.05 Å². The van der Waals surface area contributed by atoms with E-state index in [4.69, 9.17) is 0 Å². The molecule has 10 heteroatoms. The minimum atomic E-state index is 0.0338. The quantitative estimate of drug-likeness (QED) is 0.511. The summed E-state index contributed by atoms with van der Waals surface area (Å²) in [6.45, 7) is 2.66. The van der Waals surface area contributed by atoms with Crippen LogP contribution in [0.4, 0.5) is 5.82 Å². The van der Waals surface area contributed by atoms with Crippen LogP contribution in [-0.4, -0.2) is 66.7 Å². The number of piperazine rings is 1. The summed E-state index contributed by atoms with van der Waals surface area (Å²) >= 11 is 3.51. The normalized spacial score (nSPS) is 14.9. The molecule has 1 aromatic carbocycles. The van der Waals surface area contributed by atoms with Crippen molar-refractivity contribution in [1.29, 1.82) is 0 Å². The first kappa shape index (κ1) is 17.1. The molecule has 0 bridgehead atoms. The molecule has 5 rings (SSSR count). The zero-order chi connectivity index (χ0) is 19.3. The lowest BCUT2D eigenvalue weighted by Gasteiger charge is -2.35. The zero-order valence-electron chi connectivity index (χ0n) is 15.1. The molecule has 4 aromatic rings. The highest BCUT2D eigenvalue weighted by atomic mass is 79.9. The van der Waals surface area contributed by atoms with Gasteiger partial charge in [-0.2, -0.15) is 5.10 Å². The number of hydrogen-bond acceptors (Lipinski definition) is 6. The molecule has 0 unspecified atom stereocenters. The minimum absolute atomic E-state index is 0.0338. The molecular weight excluding hydrogens is 424 g/mol. The molecule has 28 heavy (non-hydrogen) atoms. The molecule has 0 saturated carbocycles. The maximum atomic E-state index is 12.9. The Morgan fingerprint density at radius 3 is 2.79 bits per heavy atom. The zero-order valence-corrected chi connectivity index (χ0v) is 16.7. The molecule has 0 aliphatic carbocycles. The Balaban J connectivity index is 1.36. The number of nitrogens with one attached hydrogen (secondary N) is 1. The van der Waals surface area contributed by atoms with E-state index in [0.29, 0.717) is 31.7 Å². The lowest BCUT2D eigenvalue weighted by atomic mass is 10.1. The lowest BCUT2D eigenvalue weighted by Crippen LogP contribution is -2.49. The summed E-state index contributed by atoms with van der Waals surface area (Å²) < 4.78 is 2.46. The number of amides is 1. The van der Waals surface area contributed by atoms with Crippen LogP contribution in [0.1, 0.15) is 10.4 Å². The smallest absolute Gasteiger partial charge is 0.254 e. The van der Waals surface area contributed by atoms with Crippen LogP contribution in [0, 0.1) is 0 Å². The first-order valence-electron chi connectivity index (χ1n) is 8.92. The van der Waals surface area contributed by atoms with E-state index in [1.807, 2.05) is 30.1 Å². The number of carbonyl (C=O) groups is 1. The van der Waals surface area contributed by atoms with Gasteiger partial charge in [-0.15, -0.1) is 0 Å². The van der Waals surface area contributed by atoms with Crippen LogP contribution < -0.4 is 4.90 Å². The van der Waals surface area contributed by atoms with Crippen molar-refractivity contribution in [1.82, 2.24) is 34.6 Å². The van der Waals surface area contributed by atoms with Crippen molar-refractivity contribution in [3.63, 3.8) is 0 Å². The Kier molecular flexibility index (Phi) is 4.00. The molecule has 0 atom stereocenters. The van der Waals surface area contributed by atoms with Crippen LogP contribution in [0.15, 0.2) is 35.5 Å². The molecule has 9 nitrogen and oxygen atoms in total. The van der Waals surface area contributed by atoms with E-state index in [1.54, 1.807) is 17.3 Å². The summed E-state index contributed by atoms with van der Waals surface area (Å²) in [5.41, 5.74) is 3.18. The average Bonchev–Trinajstić information content (AvgIpc) is 3.31. The summed E-state index contributed by atoms with van der Waals surface area (Å²) in [4.78, 5) is 33.0. The molecule has 1 N–H and O–H groups in total. The molecule has 4 heterocycles. The third kappa shape index (κ3) is 2.71. The van der Waals surface area contributed by atoms with Gasteiger partial charge in [-0.3, -0.25) is 4.79 Å². The number of imidazole rings is 1. The second-order valence-corrected chi connectivity index (χ2v) is 7.48. The Bertz CT molecular complexity index is 1190. The predicted octanol–water partition coefficient (Wildman–Crippen LogP) is 1.96. The Morgan fingerprint density at radius 2 is 1.96 bits per heavy atom. The maximum Gasteiger partial charge on any atom is 0.254 e. The summed E-state index contributed by atoms with van der Waals surface area (Å²) in [6, 6.07) is 5.56. The van der Waals surface area contributed by atoms with Crippen molar-refractivity contribution in [2.45, 2.75) is 0 Å². The number of rotatable bonds is 2. The fourth-order valence-electron chi connectivity index (χ4n) is 3.64. The molecule has 1 aliphatic rings. The van der Waals surface area contributed by atoms with Crippen molar-refractivity contribution in [3.05, 3.63) is 41.0 Å². The largest absolute Gasteiger partial charge is 0.352 e. The van der Waals surface area contributed by atoms with Gasteiger partial charge in [0, 0.05) is 38.8 Å². The predicted molar refractivity (Wildman–Crippen MR) is 108 cm³/mol. The second-order valence-electron chi connectivity index (χ2n) is 6.72. The number of aromatic amines is 1. The van der Waals surface area contributed by atoms with Crippen molar-refractivity contribution in [3.8, 4) is 0 Å². The van der Waals surface area contributed by atoms with Gasteiger partial charge in [-0.05, 0) is 34.1 Å². The van der Waals surface area contributed by atoms with Gasteiger partial charge in [0.25, 0.3) is 5.91 Å². The SMILES string of the molecule is Cn1nc(Br)c2c(N3CCN(C(=O)c4ccc5nc[nH]c5c4)CC3)ncnc21. The van der Waals surface area contributed by atoms with Crippen LogP contribution in [0.2, 0.25) is 0 Å². The number of aryl methyl sites for hydroxylation is 1. The van der Waals surface area contributed by atoms with E-state index >= 15 is 0 Å². The molecule has 1 amide bonds. The number of H-pyrrole nitrogens is 1. The summed E-state index contributed by atoms with van der Waals surface area (Å²) in [6.07, 6.45) is 3.19. The maximum absolute atomic E-state index is 12.9. The van der Waals surface area contributed by atoms with E-state index in [0.717, 1.165) is 32.5 Å². The number of hydrogen-bond donors (Lipinski definition) is 1. The monoisotopic (exact) mass is 440 g/mol. The van der Waals surface area contributed by atoms with Gasteiger partial charge in [0.1, 0.15) is 16.7 Å². The van der Waals surface area contributed by atoms with Crippen LogP contribution in [0.5, 0.6) is 0 Å². The van der Waals surface area contributed by atoms with Gasteiger partial charge in [0.05, 0.1) is 22.7 Å². The first-order valence-corrected chi connectivity index (χ1v) is 9.71. The summed E-state index contributed by atoms with van der Waals surface area (Å²) in [7, 11) is 1.86. The fourth-order valence-corrected chi connectivity index (χ4v) is 4.23. The first-order chi connectivity index (χ1) is 13.6. The number of benzene rings is 1. The number of nitrogens with zero attached hydrogens (tertiary/aromatic N) is 7. The Hall–Kier alpha value is -3.01. The molecule has 142 valence electrons. The van der Waals surface area contributed by atoms with E-state index in [2.05, 4.69) is 45.9 Å². The molecule has 3 aromatic heterocycles. The van der Waals surface area contributed by atoms with Crippen molar-refractivity contribution in [2.75, 3.05) is 31.1 Å². The Labute approximate surface area is 168 Å². The highest BCUT2D eigenvalue weighted by Gasteiger charge is 2.25. The number of fused-ring (bicyclic) bond motifs is 2. The van der Waals surface area contributed by atoms with Gasteiger partial charge < -0.3 is 14.8 Å². The molecule has 1 aliphatic heterocycles. The lowest BCUT2D eigenvalue weighted by molar-refractivity contribution is 0.0747. The van der Waals surface area contributed by atoms with Gasteiger partial charge in [0.15, 0.2) is 5.65 Å². The molecule has 1 saturated heterocycles. The van der Waals surface area contributed by atoms with Crippen LogP contribution >= 0.6 is 15.9 Å². The highest BCUT2D eigenvalue weighted by Crippen LogP contribution is 2.30. The van der Waals surface area contributed by atoms with Crippen molar-refractivity contribution in [2.24, 2.45) is 7.05 Å². The van der Waals surface area contributed by atoms with Crippen molar-refractivity contribution >= 4 is 49.7 Å². The molecule has 0 radical (unpaired) electrons. The third-order valence-corrected chi connectivity index (χ3v) is 5.65. The van der Waals surface area contributed by atoms with Crippen molar-refractivity contribution < 1.29 is 4.79 Å². The second kappa shape index (κ2) is 6.55. The van der Waals surface area contributed by atoms with Gasteiger partial charge in [-0.25, -0.2) is 19.6 Å². The van der Waals surface area contributed by atoms with Gasteiger partial charge in [0.2, 0.25) is 0 Å². The fraction of sp³-hybridized carbons (Fsp3) is 0.278. The minimum Gasteiger partial charge on any atom is -0.352 e. The molecular formula is C18H17BrN8O. The Morgan fingerprint density at radius 1 is 1.14 bits per heavy atom. The standard InChI is InChI=1S/C18H17BrN8O/c1-25-16-14(15(19)24-25)17(23-10-22-16)26-4-6-27(7-5-26)18(28)11-2-3-12-13(8-11)21-9-20-12/h2-3,8-10H,4-7H2,1H3,(H,20,21). The van der Waals surface area contributed by atoms with E-state index in [1.165, 1.54) is 0 Å². The van der Waals surface area contributed by atoms with E-state index < -0.39 is 0 Å². The van der Waals surface area contributed by atoms with Gasteiger partial charge >= 0.3 is 0 Å². The van der Waals surface area contributed by atoms with Gasteiger partial charge in [-0.1, -0.05) is 0 Å². The topological polar surface area (TPSA) is 95.8 Å². The van der Waals surface area contributed by atoms with E-state index in [-0.39, 0.29) is 5.91 Å². The third-order valence-electron chi connectivity index (χ3n) is 5.09. The highest BCUT2D eigenvalue weighted by molar-refractivity contribution is 9.10.